The summed E-state index contributed by atoms with van der Waals surface area (Å²) >= 11 is 6.12. The second-order valence-corrected chi connectivity index (χ2v) is 5.07. The molecule has 0 aliphatic heterocycles. The van der Waals surface area contributed by atoms with Gasteiger partial charge in [-0.15, -0.1) is 0 Å². The van der Waals surface area contributed by atoms with Crippen molar-refractivity contribution < 1.29 is 9.32 Å². The minimum atomic E-state index is -0.0967. The van der Waals surface area contributed by atoms with Gasteiger partial charge in [-0.2, -0.15) is 0 Å². The first-order valence-electron chi connectivity index (χ1n) is 6.48. The van der Waals surface area contributed by atoms with E-state index < -0.39 is 0 Å². The highest BCUT2D eigenvalue weighted by Crippen LogP contribution is 2.20. The Bertz CT molecular complexity index is 622. The largest absolute Gasteiger partial charge is 0.361 e. The van der Waals surface area contributed by atoms with Gasteiger partial charge >= 0.3 is 0 Å². The van der Waals surface area contributed by atoms with Crippen LogP contribution in [0.4, 0.5) is 0 Å². The van der Waals surface area contributed by atoms with Gasteiger partial charge in [-0.05, 0) is 25.0 Å². The molecule has 2 aromatic rings. The zero-order valence-corrected chi connectivity index (χ0v) is 12.6. The summed E-state index contributed by atoms with van der Waals surface area (Å²) in [5.74, 6) is 0.457. The van der Waals surface area contributed by atoms with Crippen LogP contribution in [0, 0.1) is 6.92 Å². The van der Waals surface area contributed by atoms with Gasteiger partial charge in [0.1, 0.15) is 11.3 Å². The SMILES string of the molecule is CCc1noc(C)c1C(=O)N(C)Cc1ccccc1Cl. The molecule has 0 atom stereocenters. The Labute approximate surface area is 123 Å². The van der Waals surface area contributed by atoms with Crippen molar-refractivity contribution in [1.82, 2.24) is 10.1 Å². The molecule has 1 heterocycles. The molecule has 2 rings (SSSR count). The molecule has 20 heavy (non-hydrogen) atoms. The van der Waals surface area contributed by atoms with Crippen molar-refractivity contribution in [2.24, 2.45) is 0 Å². The number of halogens is 1. The van der Waals surface area contributed by atoms with Crippen molar-refractivity contribution in [3.05, 3.63) is 51.9 Å². The van der Waals surface area contributed by atoms with Gasteiger partial charge in [-0.25, -0.2) is 0 Å². The van der Waals surface area contributed by atoms with Crippen LogP contribution in [0.2, 0.25) is 5.02 Å². The third kappa shape index (κ3) is 2.85. The Morgan fingerprint density at radius 1 is 1.40 bits per heavy atom. The molecule has 0 bridgehead atoms. The Morgan fingerprint density at radius 2 is 2.10 bits per heavy atom. The molecule has 0 aliphatic rings. The fraction of sp³-hybridized carbons (Fsp3) is 0.333. The number of nitrogens with zero attached hydrogens (tertiary/aromatic N) is 2. The van der Waals surface area contributed by atoms with E-state index in [1.54, 1.807) is 18.9 Å². The Kier molecular flexibility index (Phi) is 4.45. The van der Waals surface area contributed by atoms with Crippen LogP contribution >= 0.6 is 11.6 Å². The highest BCUT2D eigenvalue weighted by molar-refractivity contribution is 6.31. The summed E-state index contributed by atoms with van der Waals surface area (Å²) in [6.45, 7) is 4.15. The number of carbonyl (C=O) groups excluding carboxylic acids is 1. The lowest BCUT2D eigenvalue weighted by molar-refractivity contribution is 0.0782. The predicted molar refractivity (Wildman–Crippen MR) is 77.9 cm³/mol. The Morgan fingerprint density at radius 3 is 2.75 bits per heavy atom. The minimum Gasteiger partial charge on any atom is -0.361 e. The normalized spacial score (nSPS) is 10.6. The summed E-state index contributed by atoms with van der Waals surface area (Å²) in [6.07, 6.45) is 0.665. The van der Waals surface area contributed by atoms with Crippen LogP contribution in [0.25, 0.3) is 0 Å². The molecule has 1 aromatic carbocycles. The van der Waals surface area contributed by atoms with Gasteiger partial charge in [0.2, 0.25) is 0 Å². The summed E-state index contributed by atoms with van der Waals surface area (Å²) in [4.78, 5) is 14.1. The molecular formula is C15H17ClN2O2. The lowest BCUT2D eigenvalue weighted by Crippen LogP contribution is -2.27. The molecule has 0 saturated heterocycles. The van der Waals surface area contributed by atoms with Crippen molar-refractivity contribution in [3.63, 3.8) is 0 Å². The zero-order valence-electron chi connectivity index (χ0n) is 11.8. The lowest BCUT2D eigenvalue weighted by Gasteiger charge is -2.18. The topological polar surface area (TPSA) is 46.3 Å². The van der Waals surface area contributed by atoms with Crippen LogP contribution in [-0.2, 0) is 13.0 Å². The number of hydrogen-bond acceptors (Lipinski definition) is 3. The number of aryl methyl sites for hydroxylation is 2. The highest BCUT2D eigenvalue weighted by atomic mass is 35.5. The molecule has 0 unspecified atom stereocenters. The van der Waals surface area contributed by atoms with E-state index in [0.29, 0.717) is 35.0 Å². The number of carbonyl (C=O) groups is 1. The molecule has 0 radical (unpaired) electrons. The van der Waals surface area contributed by atoms with Crippen LogP contribution in [0.15, 0.2) is 28.8 Å². The van der Waals surface area contributed by atoms with Crippen LogP contribution in [-0.4, -0.2) is 23.0 Å². The maximum Gasteiger partial charge on any atom is 0.259 e. The van der Waals surface area contributed by atoms with E-state index in [2.05, 4.69) is 5.16 Å². The summed E-state index contributed by atoms with van der Waals surface area (Å²) in [6, 6.07) is 7.50. The predicted octanol–water partition coefficient (Wildman–Crippen LogP) is 3.47. The van der Waals surface area contributed by atoms with E-state index in [9.17, 15) is 4.79 Å². The van der Waals surface area contributed by atoms with Gasteiger partial charge in [-0.3, -0.25) is 4.79 Å². The number of benzene rings is 1. The first-order valence-corrected chi connectivity index (χ1v) is 6.86. The maximum atomic E-state index is 12.5. The van der Waals surface area contributed by atoms with Gasteiger partial charge < -0.3 is 9.42 Å². The lowest BCUT2D eigenvalue weighted by atomic mass is 10.1. The Balaban J connectivity index is 2.21. The third-order valence-corrected chi connectivity index (χ3v) is 3.56. The van der Waals surface area contributed by atoms with Crippen LogP contribution in [0.1, 0.15) is 34.3 Å². The van der Waals surface area contributed by atoms with Crippen LogP contribution in [0.3, 0.4) is 0 Å². The molecule has 106 valence electrons. The molecule has 1 aromatic heterocycles. The summed E-state index contributed by atoms with van der Waals surface area (Å²) < 4.78 is 5.11. The minimum absolute atomic E-state index is 0.0967. The first-order chi connectivity index (χ1) is 9.54. The number of aromatic nitrogens is 1. The first kappa shape index (κ1) is 14.6. The fourth-order valence-corrected chi connectivity index (χ4v) is 2.27. The monoisotopic (exact) mass is 292 g/mol. The van der Waals surface area contributed by atoms with E-state index in [1.807, 2.05) is 31.2 Å². The molecule has 5 heteroatoms. The number of hydrogen-bond donors (Lipinski definition) is 0. The molecule has 0 fully saturated rings. The molecular weight excluding hydrogens is 276 g/mol. The second-order valence-electron chi connectivity index (χ2n) is 4.67. The average molecular weight is 293 g/mol. The van der Waals surface area contributed by atoms with E-state index in [0.717, 1.165) is 5.56 Å². The summed E-state index contributed by atoms with van der Waals surface area (Å²) in [7, 11) is 1.75. The molecule has 4 nitrogen and oxygen atoms in total. The van der Waals surface area contributed by atoms with Crippen molar-refractivity contribution in [2.75, 3.05) is 7.05 Å². The van der Waals surface area contributed by atoms with Gasteiger partial charge in [0.15, 0.2) is 0 Å². The molecule has 0 N–H and O–H groups in total. The van der Waals surface area contributed by atoms with Crippen molar-refractivity contribution >= 4 is 17.5 Å². The average Bonchev–Trinajstić information content (AvgIpc) is 2.81. The van der Waals surface area contributed by atoms with Gasteiger partial charge in [-0.1, -0.05) is 41.9 Å². The van der Waals surface area contributed by atoms with E-state index >= 15 is 0 Å². The quantitative estimate of drug-likeness (QED) is 0.867. The van der Waals surface area contributed by atoms with Gasteiger partial charge in [0.05, 0.1) is 5.69 Å². The Hall–Kier alpha value is -1.81. The van der Waals surface area contributed by atoms with Crippen molar-refractivity contribution in [1.29, 1.82) is 0 Å². The van der Waals surface area contributed by atoms with Gasteiger partial charge in [0.25, 0.3) is 5.91 Å². The molecule has 1 amide bonds. The van der Waals surface area contributed by atoms with E-state index in [-0.39, 0.29) is 5.91 Å². The maximum absolute atomic E-state index is 12.5. The van der Waals surface area contributed by atoms with Crippen molar-refractivity contribution in [3.8, 4) is 0 Å². The summed E-state index contributed by atoms with van der Waals surface area (Å²) in [5.41, 5.74) is 2.16. The standard InChI is InChI=1S/C15H17ClN2O2/c1-4-13-14(10(2)20-17-13)15(19)18(3)9-11-7-5-6-8-12(11)16/h5-8H,4,9H2,1-3H3. The van der Waals surface area contributed by atoms with Gasteiger partial charge in [0, 0.05) is 18.6 Å². The van der Waals surface area contributed by atoms with Crippen LogP contribution < -0.4 is 0 Å². The van der Waals surface area contributed by atoms with E-state index in [4.69, 9.17) is 16.1 Å². The second kappa shape index (κ2) is 6.09. The molecule has 0 saturated carbocycles. The smallest absolute Gasteiger partial charge is 0.259 e. The number of amides is 1. The highest BCUT2D eigenvalue weighted by Gasteiger charge is 2.22. The summed E-state index contributed by atoms with van der Waals surface area (Å²) in [5, 5.41) is 4.57. The number of rotatable bonds is 4. The zero-order chi connectivity index (χ0) is 14.7. The molecule has 0 aliphatic carbocycles. The van der Waals surface area contributed by atoms with E-state index in [1.165, 1.54) is 0 Å². The third-order valence-electron chi connectivity index (χ3n) is 3.19. The molecule has 0 spiro atoms. The van der Waals surface area contributed by atoms with Crippen molar-refractivity contribution in [2.45, 2.75) is 26.8 Å². The fourth-order valence-electron chi connectivity index (χ4n) is 2.08. The van der Waals surface area contributed by atoms with Crippen LogP contribution in [0.5, 0.6) is 0 Å².